The summed E-state index contributed by atoms with van der Waals surface area (Å²) in [4.78, 5) is 20.4. The number of carbonyl (C=O) groups excluding carboxylic acids is 1. The Morgan fingerprint density at radius 3 is 2.75 bits per heavy atom. The molecule has 0 aromatic carbocycles. The van der Waals surface area contributed by atoms with Gasteiger partial charge < -0.3 is 15.5 Å². The van der Waals surface area contributed by atoms with Gasteiger partial charge in [-0.15, -0.1) is 0 Å². The van der Waals surface area contributed by atoms with E-state index in [0.717, 1.165) is 32.5 Å². The minimum Gasteiger partial charge on any atom is -0.397 e. The molecule has 1 amide bonds. The van der Waals surface area contributed by atoms with Crippen LogP contribution in [0.15, 0.2) is 12.3 Å². The molecule has 1 aliphatic rings. The van der Waals surface area contributed by atoms with Crippen molar-refractivity contribution in [3.63, 3.8) is 0 Å². The van der Waals surface area contributed by atoms with Gasteiger partial charge in [-0.25, -0.2) is 4.98 Å². The Balaban J connectivity index is 2.00. The molecule has 2 heterocycles. The van der Waals surface area contributed by atoms with E-state index >= 15 is 0 Å². The lowest BCUT2D eigenvalue weighted by molar-refractivity contribution is 0.0679. The summed E-state index contributed by atoms with van der Waals surface area (Å²) in [6, 6.07) is 1.55. The van der Waals surface area contributed by atoms with Gasteiger partial charge in [0.2, 0.25) is 0 Å². The highest BCUT2D eigenvalue weighted by Crippen LogP contribution is 2.22. The molecule has 20 heavy (non-hydrogen) atoms. The Morgan fingerprint density at radius 1 is 1.50 bits per heavy atom. The molecule has 6 heteroatoms. The fraction of sp³-hybridized carbons (Fsp3) is 0.571. The van der Waals surface area contributed by atoms with Gasteiger partial charge in [-0.1, -0.05) is 11.6 Å². The van der Waals surface area contributed by atoms with Crippen LogP contribution in [0.5, 0.6) is 0 Å². The standard InChI is InChI=1S/C14H21ClN4O/c1-18(2)9-10-3-5-19(6-4-10)14(20)11-7-13(15)17-8-12(11)16/h7-8,10H,3-6,9,16H2,1-2H3. The van der Waals surface area contributed by atoms with E-state index in [1.165, 1.54) is 6.20 Å². The Kier molecular flexibility index (Phi) is 4.83. The highest BCUT2D eigenvalue weighted by molar-refractivity contribution is 6.29. The summed E-state index contributed by atoms with van der Waals surface area (Å²) in [6.07, 6.45) is 3.50. The minimum absolute atomic E-state index is 0.0462. The number of amides is 1. The van der Waals surface area contributed by atoms with Gasteiger partial charge in [0.15, 0.2) is 0 Å². The number of hydrogen-bond donors (Lipinski definition) is 1. The summed E-state index contributed by atoms with van der Waals surface area (Å²) in [5, 5.41) is 0.296. The van der Waals surface area contributed by atoms with Crippen molar-refractivity contribution in [2.45, 2.75) is 12.8 Å². The molecule has 1 aliphatic heterocycles. The predicted octanol–water partition coefficient (Wildman–Crippen LogP) is 1.73. The molecule has 0 aliphatic carbocycles. The van der Waals surface area contributed by atoms with E-state index in [-0.39, 0.29) is 5.91 Å². The van der Waals surface area contributed by atoms with Gasteiger partial charge in [0.25, 0.3) is 5.91 Å². The molecule has 2 N–H and O–H groups in total. The number of nitrogens with zero attached hydrogens (tertiary/aromatic N) is 3. The first-order valence-corrected chi connectivity index (χ1v) is 7.20. The minimum atomic E-state index is -0.0462. The van der Waals surface area contributed by atoms with Crippen molar-refractivity contribution in [1.82, 2.24) is 14.8 Å². The summed E-state index contributed by atoms with van der Waals surface area (Å²) in [6.45, 7) is 2.62. The number of nitrogen functional groups attached to an aromatic ring is 1. The lowest BCUT2D eigenvalue weighted by Gasteiger charge is -2.33. The number of halogens is 1. The van der Waals surface area contributed by atoms with Gasteiger partial charge >= 0.3 is 0 Å². The molecule has 110 valence electrons. The van der Waals surface area contributed by atoms with Crippen LogP contribution < -0.4 is 5.73 Å². The number of hydrogen-bond acceptors (Lipinski definition) is 4. The summed E-state index contributed by atoms with van der Waals surface area (Å²) < 4.78 is 0. The first kappa shape index (κ1) is 15.1. The van der Waals surface area contributed by atoms with Crippen LogP contribution in [0.25, 0.3) is 0 Å². The maximum absolute atomic E-state index is 12.5. The van der Waals surface area contributed by atoms with Crippen molar-refractivity contribution >= 4 is 23.2 Å². The third-order valence-corrected chi connectivity index (χ3v) is 3.86. The van der Waals surface area contributed by atoms with Crippen LogP contribution in [0, 0.1) is 5.92 Å². The van der Waals surface area contributed by atoms with E-state index in [2.05, 4.69) is 24.0 Å². The van der Waals surface area contributed by atoms with E-state index in [0.29, 0.717) is 22.3 Å². The summed E-state index contributed by atoms with van der Waals surface area (Å²) in [7, 11) is 4.16. The van der Waals surface area contributed by atoms with E-state index in [4.69, 9.17) is 17.3 Å². The second kappa shape index (κ2) is 6.41. The van der Waals surface area contributed by atoms with Crippen LogP contribution in [0.3, 0.4) is 0 Å². The van der Waals surface area contributed by atoms with Crippen molar-refractivity contribution in [1.29, 1.82) is 0 Å². The highest BCUT2D eigenvalue weighted by Gasteiger charge is 2.25. The molecule has 1 fully saturated rings. The van der Waals surface area contributed by atoms with Gasteiger partial charge in [-0.2, -0.15) is 0 Å². The molecule has 5 nitrogen and oxygen atoms in total. The maximum Gasteiger partial charge on any atom is 0.256 e. The van der Waals surface area contributed by atoms with Gasteiger partial charge in [-0.3, -0.25) is 4.79 Å². The molecule has 0 unspecified atom stereocenters. The van der Waals surface area contributed by atoms with E-state index < -0.39 is 0 Å². The summed E-state index contributed by atoms with van der Waals surface area (Å²) in [5.41, 5.74) is 6.65. The second-order valence-electron chi connectivity index (χ2n) is 5.59. The van der Waals surface area contributed by atoms with Crippen LogP contribution in [-0.2, 0) is 0 Å². The van der Waals surface area contributed by atoms with Crippen LogP contribution in [0.4, 0.5) is 5.69 Å². The van der Waals surface area contributed by atoms with Gasteiger partial charge in [0.05, 0.1) is 17.4 Å². The molecule has 0 radical (unpaired) electrons. The quantitative estimate of drug-likeness (QED) is 0.863. The number of pyridine rings is 1. The second-order valence-corrected chi connectivity index (χ2v) is 5.98. The molecule has 0 atom stereocenters. The molecular formula is C14H21ClN4O. The normalized spacial score (nSPS) is 16.7. The van der Waals surface area contributed by atoms with Crippen LogP contribution in [-0.4, -0.2) is 54.4 Å². The molecule has 1 saturated heterocycles. The van der Waals surface area contributed by atoms with Crippen LogP contribution in [0.2, 0.25) is 5.15 Å². The largest absolute Gasteiger partial charge is 0.397 e. The number of likely N-dealkylation sites (tertiary alicyclic amines) is 1. The maximum atomic E-state index is 12.5. The van der Waals surface area contributed by atoms with Gasteiger partial charge in [0.1, 0.15) is 5.15 Å². The first-order chi connectivity index (χ1) is 9.47. The Hall–Kier alpha value is -1.33. The lowest BCUT2D eigenvalue weighted by atomic mass is 9.96. The Morgan fingerprint density at radius 2 is 2.15 bits per heavy atom. The summed E-state index contributed by atoms with van der Waals surface area (Å²) >= 11 is 5.84. The Labute approximate surface area is 124 Å². The van der Waals surface area contributed by atoms with Gasteiger partial charge in [-0.05, 0) is 38.9 Å². The monoisotopic (exact) mass is 296 g/mol. The molecular weight excluding hydrogens is 276 g/mol. The third kappa shape index (κ3) is 3.61. The smallest absolute Gasteiger partial charge is 0.256 e. The zero-order valence-electron chi connectivity index (χ0n) is 12.0. The zero-order chi connectivity index (χ0) is 14.7. The number of piperidine rings is 1. The van der Waals surface area contributed by atoms with E-state index in [1.54, 1.807) is 6.07 Å². The fourth-order valence-electron chi connectivity index (χ4n) is 2.63. The van der Waals surface area contributed by atoms with Crippen molar-refractivity contribution in [3.8, 4) is 0 Å². The first-order valence-electron chi connectivity index (χ1n) is 6.82. The average Bonchev–Trinajstić information content (AvgIpc) is 2.41. The van der Waals surface area contributed by atoms with E-state index in [1.807, 2.05) is 4.90 Å². The molecule has 0 spiro atoms. The predicted molar refractivity (Wildman–Crippen MR) is 80.8 cm³/mol. The number of nitrogens with two attached hydrogens (primary N) is 1. The van der Waals surface area contributed by atoms with Crippen molar-refractivity contribution in [2.75, 3.05) is 39.5 Å². The van der Waals surface area contributed by atoms with Crippen LogP contribution >= 0.6 is 11.6 Å². The third-order valence-electron chi connectivity index (χ3n) is 3.66. The SMILES string of the molecule is CN(C)CC1CCN(C(=O)c2cc(Cl)ncc2N)CC1. The Bertz CT molecular complexity index is 484. The highest BCUT2D eigenvalue weighted by atomic mass is 35.5. The number of anilines is 1. The average molecular weight is 297 g/mol. The fourth-order valence-corrected chi connectivity index (χ4v) is 2.79. The lowest BCUT2D eigenvalue weighted by Crippen LogP contribution is -2.40. The number of carbonyl (C=O) groups is 1. The molecule has 1 aromatic rings. The molecule has 2 rings (SSSR count). The molecule has 0 saturated carbocycles. The topological polar surface area (TPSA) is 62.5 Å². The van der Waals surface area contributed by atoms with Gasteiger partial charge in [0, 0.05) is 19.6 Å². The summed E-state index contributed by atoms with van der Waals surface area (Å²) in [5.74, 6) is 0.613. The van der Waals surface area contributed by atoms with E-state index in [9.17, 15) is 4.79 Å². The van der Waals surface area contributed by atoms with Crippen molar-refractivity contribution in [2.24, 2.45) is 5.92 Å². The van der Waals surface area contributed by atoms with Crippen molar-refractivity contribution < 1.29 is 4.79 Å². The zero-order valence-corrected chi connectivity index (χ0v) is 12.7. The molecule has 0 bridgehead atoms. The van der Waals surface area contributed by atoms with Crippen molar-refractivity contribution in [3.05, 3.63) is 23.0 Å². The number of rotatable bonds is 3. The molecule has 1 aromatic heterocycles. The van der Waals surface area contributed by atoms with Crippen LogP contribution in [0.1, 0.15) is 23.2 Å². The number of aromatic nitrogens is 1.